The summed E-state index contributed by atoms with van der Waals surface area (Å²) in [5, 5.41) is 1.98. The van der Waals surface area contributed by atoms with E-state index in [1.165, 1.54) is 0 Å². The summed E-state index contributed by atoms with van der Waals surface area (Å²) >= 11 is 1.57. The average Bonchev–Trinajstić information content (AvgIpc) is 3.25. The summed E-state index contributed by atoms with van der Waals surface area (Å²) in [6.45, 7) is 4.97. The van der Waals surface area contributed by atoms with Crippen LogP contribution in [0, 0.1) is 13.8 Å². The first-order chi connectivity index (χ1) is 12.3. The lowest BCUT2D eigenvalue weighted by atomic mass is 10.2. The van der Waals surface area contributed by atoms with Crippen molar-refractivity contribution in [3.63, 3.8) is 0 Å². The zero-order valence-electron chi connectivity index (χ0n) is 14.4. The van der Waals surface area contributed by atoms with Crippen molar-refractivity contribution in [2.24, 2.45) is 0 Å². The van der Waals surface area contributed by atoms with Crippen LogP contribution in [-0.4, -0.2) is 30.8 Å². The second kappa shape index (κ2) is 6.31. The summed E-state index contributed by atoms with van der Waals surface area (Å²) in [6.07, 6.45) is -0.818. The molecule has 0 saturated carbocycles. The quantitative estimate of drug-likeness (QED) is 0.684. The third kappa shape index (κ3) is 3.09. The molecule has 1 saturated heterocycles. The van der Waals surface area contributed by atoms with E-state index >= 15 is 0 Å². The second-order valence-corrected chi connectivity index (χ2v) is 7.45. The summed E-state index contributed by atoms with van der Waals surface area (Å²) in [5.74, 6) is 0.263. The molecular formula is C17H18F3N5S. The summed E-state index contributed by atoms with van der Waals surface area (Å²) in [6, 6.07) is 0.790. The molecule has 4 heterocycles. The molecule has 0 aliphatic carbocycles. The van der Waals surface area contributed by atoms with E-state index in [-0.39, 0.29) is 11.9 Å². The molecule has 1 aliphatic heterocycles. The Labute approximate surface area is 152 Å². The summed E-state index contributed by atoms with van der Waals surface area (Å²) in [4.78, 5) is 15.8. The number of imidazole rings is 1. The number of nitrogens with zero attached hydrogens (tertiary/aromatic N) is 5. The smallest absolute Gasteiger partial charge is 0.293 e. The van der Waals surface area contributed by atoms with Gasteiger partial charge in [-0.15, -0.1) is 11.3 Å². The van der Waals surface area contributed by atoms with Gasteiger partial charge in [0.1, 0.15) is 11.5 Å². The van der Waals surface area contributed by atoms with Gasteiger partial charge in [0, 0.05) is 23.8 Å². The van der Waals surface area contributed by atoms with Gasteiger partial charge in [-0.1, -0.05) is 0 Å². The number of halogens is 3. The minimum Gasteiger partial charge on any atom is -0.293 e. The fourth-order valence-electron chi connectivity index (χ4n) is 3.52. The van der Waals surface area contributed by atoms with Crippen LogP contribution in [0.2, 0.25) is 0 Å². The lowest BCUT2D eigenvalue weighted by Crippen LogP contribution is -2.26. The highest BCUT2D eigenvalue weighted by atomic mass is 32.1. The first-order valence-electron chi connectivity index (χ1n) is 8.41. The number of aromatic nitrogens is 4. The topological polar surface area (TPSA) is 46.3 Å². The van der Waals surface area contributed by atoms with Crippen molar-refractivity contribution in [1.29, 1.82) is 0 Å². The molecule has 26 heavy (non-hydrogen) atoms. The minimum atomic E-state index is -4.46. The Morgan fingerprint density at radius 2 is 2.04 bits per heavy atom. The monoisotopic (exact) mass is 381 g/mol. The molecule has 1 aliphatic rings. The Bertz CT molecular complexity index is 946. The van der Waals surface area contributed by atoms with Crippen molar-refractivity contribution in [2.75, 3.05) is 6.54 Å². The van der Waals surface area contributed by atoms with Crippen LogP contribution in [0.15, 0.2) is 17.6 Å². The van der Waals surface area contributed by atoms with Crippen molar-refractivity contribution < 1.29 is 13.2 Å². The van der Waals surface area contributed by atoms with E-state index in [0.717, 1.165) is 41.8 Å². The number of fused-ring (bicyclic) bond motifs is 1. The molecule has 1 atom stereocenters. The first kappa shape index (κ1) is 17.4. The Kier molecular flexibility index (Phi) is 4.23. The highest BCUT2D eigenvalue weighted by molar-refractivity contribution is 7.15. The Morgan fingerprint density at radius 3 is 2.81 bits per heavy atom. The molecule has 3 aromatic heterocycles. The predicted octanol–water partition coefficient (Wildman–Crippen LogP) is 4.16. The van der Waals surface area contributed by atoms with Gasteiger partial charge in [-0.25, -0.2) is 15.0 Å². The van der Waals surface area contributed by atoms with E-state index in [2.05, 4.69) is 19.9 Å². The van der Waals surface area contributed by atoms with Crippen LogP contribution in [0.4, 0.5) is 13.2 Å². The van der Waals surface area contributed by atoms with Crippen LogP contribution in [0.25, 0.3) is 4.96 Å². The van der Waals surface area contributed by atoms with Gasteiger partial charge in [-0.05, 0) is 39.3 Å². The van der Waals surface area contributed by atoms with Crippen LogP contribution in [0.3, 0.4) is 0 Å². The SMILES string of the molecule is Cc1cc(C(F)(F)F)nc(C2CCCN2Cc2c(C)nc3sccn23)n1. The fourth-order valence-corrected chi connectivity index (χ4v) is 4.30. The van der Waals surface area contributed by atoms with Crippen LogP contribution in [0.5, 0.6) is 0 Å². The maximum atomic E-state index is 13.1. The van der Waals surface area contributed by atoms with Crippen LogP contribution in [-0.2, 0) is 12.7 Å². The average molecular weight is 381 g/mol. The van der Waals surface area contributed by atoms with E-state index in [1.54, 1.807) is 18.3 Å². The van der Waals surface area contributed by atoms with Crippen molar-refractivity contribution in [3.05, 3.63) is 46.2 Å². The van der Waals surface area contributed by atoms with Gasteiger partial charge in [0.05, 0.1) is 17.4 Å². The molecule has 1 fully saturated rings. The number of rotatable bonds is 3. The third-order valence-corrected chi connectivity index (χ3v) is 5.49. The number of hydrogen-bond acceptors (Lipinski definition) is 5. The van der Waals surface area contributed by atoms with Crippen LogP contribution < -0.4 is 0 Å². The van der Waals surface area contributed by atoms with Gasteiger partial charge in [0.2, 0.25) is 0 Å². The molecule has 0 N–H and O–H groups in total. The highest BCUT2D eigenvalue weighted by Gasteiger charge is 2.36. The summed E-state index contributed by atoms with van der Waals surface area (Å²) in [7, 11) is 0. The van der Waals surface area contributed by atoms with E-state index in [4.69, 9.17) is 0 Å². The number of aryl methyl sites for hydroxylation is 2. The number of likely N-dealkylation sites (tertiary alicyclic amines) is 1. The zero-order valence-corrected chi connectivity index (χ0v) is 15.2. The molecule has 5 nitrogen and oxygen atoms in total. The Hall–Kier alpha value is -2.00. The maximum Gasteiger partial charge on any atom is 0.433 e. The van der Waals surface area contributed by atoms with Crippen molar-refractivity contribution >= 4 is 16.3 Å². The lowest BCUT2D eigenvalue weighted by molar-refractivity contribution is -0.141. The van der Waals surface area contributed by atoms with E-state index in [1.807, 2.05) is 22.9 Å². The molecule has 3 aromatic rings. The number of hydrogen-bond donors (Lipinski definition) is 0. The molecule has 0 spiro atoms. The standard InChI is InChI=1S/C17H18F3N5S/c1-10-8-14(17(18,19)20)23-15(21-10)12-4-3-5-24(12)9-13-11(2)22-16-25(13)6-7-26-16/h6-8,12H,3-5,9H2,1-2H3. The van der Waals surface area contributed by atoms with Crippen molar-refractivity contribution in [2.45, 2.75) is 45.5 Å². The maximum absolute atomic E-state index is 13.1. The van der Waals surface area contributed by atoms with Crippen LogP contribution >= 0.6 is 11.3 Å². The van der Waals surface area contributed by atoms with Gasteiger partial charge in [-0.3, -0.25) is 9.30 Å². The lowest BCUT2D eigenvalue weighted by Gasteiger charge is -2.24. The number of alkyl halides is 3. The third-order valence-electron chi connectivity index (χ3n) is 4.74. The van der Waals surface area contributed by atoms with E-state index < -0.39 is 11.9 Å². The fraction of sp³-hybridized carbons (Fsp3) is 0.471. The predicted molar refractivity (Wildman–Crippen MR) is 92.0 cm³/mol. The second-order valence-electron chi connectivity index (χ2n) is 6.58. The zero-order chi connectivity index (χ0) is 18.5. The summed E-state index contributed by atoms with van der Waals surface area (Å²) in [5.41, 5.74) is 1.49. The van der Waals surface area contributed by atoms with Crippen LogP contribution in [0.1, 0.15) is 47.5 Å². The Morgan fingerprint density at radius 1 is 1.23 bits per heavy atom. The van der Waals surface area contributed by atoms with Gasteiger partial charge in [-0.2, -0.15) is 13.2 Å². The molecule has 4 rings (SSSR count). The molecule has 1 unspecified atom stereocenters. The van der Waals surface area contributed by atoms with Gasteiger partial charge >= 0.3 is 6.18 Å². The van der Waals surface area contributed by atoms with Gasteiger partial charge in [0.25, 0.3) is 0 Å². The Balaban J connectivity index is 1.66. The van der Waals surface area contributed by atoms with Gasteiger partial charge in [0.15, 0.2) is 4.96 Å². The van der Waals surface area contributed by atoms with E-state index in [9.17, 15) is 13.2 Å². The molecular weight excluding hydrogens is 363 g/mol. The normalized spacial score (nSPS) is 18.9. The number of thiazole rings is 1. The van der Waals surface area contributed by atoms with Crippen molar-refractivity contribution in [3.8, 4) is 0 Å². The van der Waals surface area contributed by atoms with Gasteiger partial charge < -0.3 is 0 Å². The first-order valence-corrected chi connectivity index (χ1v) is 9.29. The van der Waals surface area contributed by atoms with Crippen molar-refractivity contribution in [1.82, 2.24) is 24.3 Å². The van der Waals surface area contributed by atoms with E-state index in [0.29, 0.717) is 12.2 Å². The molecule has 0 bridgehead atoms. The molecule has 0 aromatic carbocycles. The minimum absolute atomic E-state index is 0.209. The highest BCUT2D eigenvalue weighted by Crippen LogP contribution is 2.34. The molecule has 0 amide bonds. The molecule has 138 valence electrons. The summed E-state index contributed by atoms with van der Waals surface area (Å²) < 4.78 is 41.4. The molecule has 0 radical (unpaired) electrons. The molecule has 9 heteroatoms. The largest absolute Gasteiger partial charge is 0.433 e.